The zero-order valence-corrected chi connectivity index (χ0v) is 16.4. The lowest BCUT2D eigenvalue weighted by Gasteiger charge is -2.18. The van der Waals surface area contributed by atoms with Crippen molar-refractivity contribution in [2.24, 2.45) is 0 Å². The fourth-order valence-electron chi connectivity index (χ4n) is 4.31. The Morgan fingerprint density at radius 1 is 1.07 bits per heavy atom. The van der Waals surface area contributed by atoms with E-state index in [1.807, 2.05) is 41.8 Å². The second-order valence-corrected chi connectivity index (χ2v) is 7.90. The summed E-state index contributed by atoms with van der Waals surface area (Å²) in [6.45, 7) is 2.71. The number of aromatic nitrogens is 2. The van der Waals surface area contributed by atoms with Gasteiger partial charge in [-0.3, -0.25) is 9.59 Å². The molecule has 4 rings (SSSR count). The molecule has 1 unspecified atom stereocenters. The number of benzene rings is 1. The first-order valence-corrected chi connectivity index (χ1v) is 10.4. The van der Waals surface area contributed by atoms with Crippen molar-refractivity contribution < 1.29 is 9.59 Å². The minimum Gasteiger partial charge on any atom is -0.347 e. The van der Waals surface area contributed by atoms with Crippen LogP contribution in [0.1, 0.15) is 83.9 Å². The maximum Gasteiger partial charge on any atom is 0.287 e. The number of hydrogen-bond donors (Lipinski definition) is 2. The predicted octanol–water partition coefficient (Wildman–Crippen LogP) is 3.38. The van der Waals surface area contributed by atoms with Gasteiger partial charge in [-0.1, -0.05) is 43.2 Å². The normalized spacial score (nSPS) is 17.8. The number of amides is 2. The molecule has 1 aromatic heterocycles. The van der Waals surface area contributed by atoms with E-state index in [-0.39, 0.29) is 23.9 Å². The highest BCUT2D eigenvalue weighted by Gasteiger charge is 2.29. The van der Waals surface area contributed by atoms with Gasteiger partial charge in [0.15, 0.2) is 5.82 Å². The number of carbonyl (C=O) groups is 2. The van der Waals surface area contributed by atoms with E-state index in [9.17, 15) is 9.59 Å². The van der Waals surface area contributed by atoms with Gasteiger partial charge in [-0.05, 0) is 44.6 Å². The molecule has 0 bridgehead atoms. The smallest absolute Gasteiger partial charge is 0.287 e. The fraction of sp³-hybridized carbons (Fsp3) is 0.500. The number of carbonyl (C=O) groups excluding carboxylic acids is 2. The van der Waals surface area contributed by atoms with Crippen LogP contribution in [0.3, 0.4) is 0 Å². The summed E-state index contributed by atoms with van der Waals surface area (Å²) in [5.74, 6) is 0.0336. The van der Waals surface area contributed by atoms with Crippen LogP contribution in [0, 0.1) is 0 Å². The van der Waals surface area contributed by atoms with Crippen LogP contribution in [-0.2, 0) is 13.0 Å². The first kappa shape index (κ1) is 18.7. The molecule has 1 aromatic carbocycles. The number of nitrogens with one attached hydrogen (secondary N) is 2. The standard InChI is InChI=1S/C22H28N4O2/c1-15(16-9-3-2-4-10-16)23-21(27)19-18-13-7-8-14-26(18)20(25-19)22(28)24-17-11-5-6-12-17/h2-4,9-10,15,17H,5-8,11-14H2,1H3,(H,23,27)(H,24,28). The lowest BCUT2D eigenvalue weighted by molar-refractivity contribution is 0.0921. The van der Waals surface area contributed by atoms with Gasteiger partial charge < -0.3 is 15.2 Å². The van der Waals surface area contributed by atoms with E-state index in [1.165, 1.54) is 0 Å². The molecule has 2 heterocycles. The molecule has 148 valence electrons. The Balaban J connectivity index is 1.55. The van der Waals surface area contributed by atoms with Gasteiger partial charge in [0.2, 0.25) is 0 Å². The average molecular weight is 380 g/mol. The van der Waals surface area contributed by atoms with Crippen LogP contribution in [0.15, 0.2) is 30.3 Å². The molecule has 2 amide bonds. The van der Waals surface area contributed by atoms with Crippen LogP contribution in [0.5, 0.6) is 0 Å². The van der Waals surface area contributed by atoms with Gasteiger partial charge in [0.05, 0.1) is 11.7 Å². The Morgan fingerprint density at radius 2 is 1.82 bits per heavy atom. The molecular formula is C22H28N4O2. The van der Waals surface area contributed by atoms with E-state index in [1.54, 1.807) is 0 Å². The van der Waals surface area contributed by atoms with Crippen LogP contribution in [0.4, 0.5) is 0 Å². The molecule has 2 aromatic rings. The number of fused-ring (bicyclic) bond motifs is 1. The van der Waals surface area contributed by atoms with Gasteiger partial charge in [0.25, 0.3) is 11.8 Å². The highest BCUT2D eigenvalue weighted by Crippen LogP contribution is 2.23. The van der Waals surface area contributed by atoms with Crippen LogP contribution < -0.4 is 10.6 Å². The number of hydrogen-bond acceptors (Lipinski definition) is 3. The predicted molar refractivity (Wildman–Crippen MR) is 107 cm³/mol. The topological polar surface area (TPSA) is 76.0 Å². The third-order valence-electron chi connectivity index (χ3n) is 5.87. The molecule has 0 radical (unpaired) electrons. The molecule has 1 fully saturated rings. The Kier molecular flexibility index (Phi) is 5.46. The van der Waals surface area contributed by atoms with E-state index in [4.69, 9.17) is 0 Å². The third-order valence-corrected chi connectivity index (χ3v) is 5.87. The molecule has 6 heteroatoms. The maximum absolute atomic E-state index is 13.0. The zero-order chi connectivity index (χ0) is 19.5. The summed E-state index contributed by atoms with van der Waals surface area (Å²) >= 11 is 0. The number of rotatable bonds is 5. The van der Waals surface area contributed by atoms with Gasteiger partial charge in [-0.25, -0.2) is 4.98 Å². The van der Waals surface area contributed by atoms with E-state index >= 15 is 0 Å². The molecule has 2 aliphatic rings. The lowest BCUT2D eigenvalue weighted by Crippen LogP contribution is -2.35. The van der Waals surface area contributed by atoms with Gasteiger partial charge in [-0.2, -0.15) is 0 Å². The molecule has 1 aliphatic carbocycles. The van der Waals surface area contributed by atoms with E-state index < -0.39 is 0 Å². The van der Waals surface area contributed by atoms with Crippen molar-refractivity contribution in [3.8, 4) is 0 Å². The van der Waals surface area contributed by atoms with Crippen molar-refractivity contribution >= 4 is 11.8 Å². The van der Waals surface area contributed by atoms with Crippen molar-refractivity contribution in [2.45, 2.75) is 70.5 Å². The molecule has 0 spiro atoms. The molecular weight excluding hydrogens is 352 g/mol. The maximum atomic E-state index is 13.0. The fourth-order valence-corrected chi connectivity index (χ4v) is 4.31. The van der Waals surface area contributed by atoms with Gasteiger partial charge >= 0.3 is 0 Å². The van der Waals surface area contributed by atoms with Crippen molar-refractivity contribution in [3.05, 3.63) is 53.1 Å². The lowest BCUT2D eigenvalue weighted by atomic mass is 10.1. The number of imidazole rings is 1. The molecule has 2 N–H and O–H groups in total. The molecule has 0 saturated heterocycles. The first-order valence-electron chi connectivity index (χ1n) is 10.4. The summed E-state index contributed by atoms with van der Waals surface area (Å²) in [5, 5.41) is 6.15. The Morgan fingerprint density at radius 3 is 2.57 bits per heavy atom. The summed E-state index contributed by atoms with van der Waals surface area (Å²) in [4.78, 5) is 30.3. The van der Waals surface area contributed by atoms with E-state index in [0.717, 1.165) is 62.7 Å². The largest absolute Gasteiger partial charge is 0.347 e. The van der Waals surface area contributed by atoms with Gasteiger partial charge in [0, 0.05) is 12.6 Å². The van der Waals surface area contributed by atoms with Crippen molar-refractivity contribution in [1.82, 2.24) is 20.2 Å². The highest BCUT2D eigenvalue weighted by atomic mass is 16.2. The molecule has 28 heavy (non-hydrogen) atoms. The van der Waals surface area contributed by atoms with Crippen LogP contribution in [0.25, 0.3) is 0 Å². The highest BCUT2D eigenvalue weighted by molar-refractivity contribution is 5.97. The average Bonchev–Trinajstić information content (AvgIpc) is 3.36. The van der Waals surface area contributed by atoms with E-state index in [2.05, 4.69) is 15.6 Å². The summed E-state index contributed by atoms with van der Waals surface area (Å²) in [6, 6.07) is 9.98. The third kappa shape index (κ3) is 3.81. The number of nitrogens with zero attached hydrogens (tertiary/aromatic N) is 2. The SMILES string of the molecule is CC(NC(=O)c1nc(C(=O)NC2CCCC2)n2c1CCCC2)c1ccccc1. The van der Waals surface area contributed by atoms with Crippen molar-refractivity contribution in [2.75, 3.05) is 0 Å². The van der Waals surface area contributed by atoms with E-state index in [0.29, 0.717) is 11.5 Å². The summed E-state index contributed by atoms with van der Waals surface area (Å²) < 4.78 is 1.95. The van der Waals surface area contributed by atoms with Crippen molar-refractivity contribution in [1.29, 1.82) is 0 Å². The molecule has 1 saturated carbocycles. The minimum absolute atomic E-state index is 0.120. The Hall–Kier alpha value is -2.63. The molecule has 1 aliphatic heterocycles. The monoisotopic (exact) mass is 380 g/mol. The second-order valence-electron chi connectivity index (χ2n) is 7.90. The Bertz CT molecular complexity index is 853. The van der Waals surface area contributed by atoms with Crippen LogP contribution in [0.2, 0.25) is 0 Å². The molecule has 6 nitrogen and oxygen atoms in total. The van der Waals surface area contributed by atoms with Gasteiger partial charge in [-0.15, -0.1) is 0 Å². The molecule has 1 atom stereocenters. The zero-order valence-electron chi connectivity index (χ0n) is 16.4. The first-order chi connectivity index (χ1) is 13.6. The Labute approximate surface area is 165 Å². The van der Waals surface area contributed by atoms with Crippen molar-refractivity contribution in [3.63, 3.8) is 0 Å². The minimum atomic E-state index is -0.207. The van der Waals surface area contributed by atoms with Gasteiger partial charge in [0.1, 0.15) is 5.69 Å². The van der Waals surface area contributed by atoms with Crippen LogP contribution in [-0.4, -0.2) is 27.4 Å². The summed E-state index contributed by atoms with van der Waals surface area (Å²) in [5.41, 5.74) is 2.34. The quantitative estimate of drug-likeness (QED) is 0.835. The van der Waals surface area contributed by atoms with Crippen LogP contribution >= 0.6 is 0 Å². The second kappa shape index (κ2) is 8.17. The summed E-state index contributed by atoms with van der Waals surface area (Å²) in [6.07, 6.45) is 7.19. The summed E-state index contributed by atoms with van der Waals surface area (Å²) in [7, 11) is 0.